The van der Waals surface area contributed by atoms with Crippen LogP contribution in [0.25, 0.3) is 0 Å². The Bertz CT molecular complexity index is 721. The standard InChI is InChI=1S/C19H26N4O2S/c1-4-5-6-10-26-19-20-16-15(17(24)21-18(25)22(16)3)23(19)12-14-9-7-8-13(2)11-14/h7-9,11,15-16H,4-6,10,12H2,1-3H3,(H,21,24,25). The third-order valence-electron chi connectivity index (χ3n) is 4.74. The number of aliphatic imine (C=N–C) groups is 1. The summed E-state index contributed by atoms with van der Waals surface area (Å²) in [6, 6.07) is 7.43. The highest BCUT2D eigenvalue weighted by molar-refractivity contribution is 8.13. The van der Waals surface area contributed by atoms with Crippen molar-refractivity contribution in [2.24, 2.45) is 4.99 Å². The molecule has 1 N–H and O–H groups in total. The lowest BCUT2D eigenvalue weighted by atomic mass is 10.1. The molecule has 1 fully saturated rings. The van der Waals surface area contributed by atoms with Gasteiger partial charge in [-0.1, -0.05) is 61.4 Å². The van der Waals surface area contributed by atoms with Crippen LogP contribution < -0.4 is 5.32 Å². The normalized spacial score (nSPS) is 22.3. The lowest BCUT2D eigenvalue weighted by Gasteiger charge is -2.36. The summed E-state index contributed by atoms with van der Waals surface area (Å²) in [7, 11) is 1.69. The van der Waals surface area contributed by atoms with E-state index in [1.54, 1.807) is 18.8 Å². The number of nitrogens with one attached hydrogen (secondary N) is 1. The number of fused-ring (bicyclic) bond motifs is 1. The number of nitrogens with zero attached hydrogens (tertiary/aromatic N) is 3. The Hall–Kier alpha value is -2.02. The minimum Gasteiger partial charge on any atom is -0.331 e. The van der Waals surface area contributed by atoms with Crippen LogP contribution in [0, 0.1) is 6.92 Å². The molecule has 26 heavy (non-hydrogen) atoms. The number of carbonyl (C=O) groups excluding carboxylic acids is 2. The maximum atomic E-state index is 12.5. The Kier molecular flexibility index (Phi) is 5.86. The Labute approximate surface area is 159 Å². The Morgan fingerprint density at radius 1 is 1.27 bits per heavy atom. The summed E-state index contributed by atoms with van der Waals surface area (Å²) in [6.45, 7) is 4.85. The lowest BCUT2D eigenvalue weighted by Crippen LogP contribution is -2.63. The van der Waals surface area contributed by atoms with Crippen LogP contribution in [-0.4, -0.2) is 51.9 Å². The van der Waals surface area contributed by atoms with Gasteiger partial charge in [0.1, 0.15) is 0 Å². The zero-order valence-electron chi connectivity index (χ0n) is 15.6. The summed E-state index contributed by atoms with van der Waals surface area (Å²) >= 11 is 1.68. The highest BCUT2D eigenvalue weighted by Crippen LogP contribution is 2.30. The van der Waals surface area contributed by atoms with Gasteiger partial charge < -0.3 is 9.80 Å². The van der Waals surface area contributed by atoms with E-state index in [1.165, 1.54) is 23.3 Å². The van der Waals surface area contributed by atoms with E-state index in [0.717, 1.165) is 22.9 Å². The SMILES string of the molecule is CCCCCSC1=NC2C(C(=O)NC(=O)N2C)N1Cc1cccc(C)c1. The minimum absolute atomic E-state index is 0.265. The Balaban J connectivity index is 1.83. The molecule has 0 radical (unpaired) electrons. The van der Waals surface area contributed by atoms with Gasteiger partial charge in [0, 0.05) is 19.3 Å². The lowest BCUT2D eigenvalue weighted by molar-refractivity contribution is -0.127. The fourth-order valence-corrected chi connectivity index (χ4v) is 4.37. The van der Waals surface area contributed by atoms with E-state index in [9.17, 15) is 9.59 Å². The molecule has 140 valence electrons. The van der Waals surface area contributed by atoms with Crippen molar-refractivity contribution >= 4 is 28.9 Å². The summed E-state index contributed by atoms with van der Waals surface area (Å²) in [5, 5.41) is 3.30. The molecule has 0 aliphatic carbocycles. The third-order valence-corrected chi connectivity index (χ3v) is 5.83. The van der Waals surface area contributed by atoms with Crippen LogP contribution >= 0.6 is 11.8 Å². The number of hydrogen-bond acceptors (Lipinski definition) is 5. The van der Waals surface area contributed by atoms with E-state index in [1.807, 2.05) is 11.0 Å². The van der Waals surface area contributed by atoms with Crippen LogP contribution in [0.2, 0.25) is 0 Å². The molecule has 7 heteroatoms. The first-order valence-corrected chi connectivity index (χ1v) is 10.1. The quantitative estimate of drug-likeness (QED) is 0.778. The fraction of sp³-hybridized carbons (Fsp3) is 0.526. The molecule has 6 nitrogen and oxygen atoms in total. The number of amidine groups is 1. The number of amides is 3. The number of imide groups is 1. The highest BCUT2D eigenvalue weighted by atomic mass is 32.2. The van der Waals surface area contributed by atoms with Gasteiger partial charge in [-0.05, 0) is 18.9 Å². The monoisotopic (exact) mass is 374 g/mol. The highest BCUT2D eigenvalue weighted by Gasteiger charge is 2.48. The van der Waals surface area contributed by atoms with Gasteiger partial charge in [0.05, 0.1) is 0 Å². The first kappa shape index (κ1) is 18.8. The van der Waals surface area contributed by atoms with Crippen molar-refractivity contribution in [3.8, 4) is 0 Å². The van der Waals surface area contributed by atoms with Crippen LogP contribution in [0.15, 0.2) is 29.3 Å². The zero-order chi connectivity index (χ0) is 18.7. The van der Waals surface area contributed by atoms with E-state index in [0.29, 0.717) is 6.54 Å². The van der Waals surface area contributed by atoms with Gasteiger partial charge in [0.15, 0.2) is 17.4 Å². The first-order chi connectivity index (χ1) is 12.5. The van der Waals surface area contributed by atoms with Gasteiger partial charge in [-0.3, -0.25) is 10.1 Å². The number of unbranched alkanes of at least 4 members (excludes halogenated alkanes) is 2. The van der Waals surface area contributed by atoms with E-state index in [2.05, 4.69) is 37.4 Å². The average Bonchev–Trinajstić information content (AvgIpc) is 2.96. The fourth-order valence-electron chi connectivity index (χ4n) is 3.31. The number of aryl methyl sites for hydroxylation is 1. The number of hydrogen-bond donors (Lipinski definition) is 1. The summed E-state index contributed by atoms with van der Waals surface area (Å²) in [5.41, 5.74) is 2.33. The minimum atomic E-state index is -0.466. The topological polar surface area (TPSA) is 65.0 Å². The summed E-state index contributed by atoms with van der Waals surface area (Å²) in [6.07, 6.45) is 3.03. The number of urea groups is 1. The van der Waals surface area contributed by atoms with Crippen molar-refractivity contribution in [2.45, 2.75) is 51.9 Å². The van der Waals surface area contributed by atoms with E-state index >= 15 is 0 Å². The molecule has 0 spiro atoms. The molecule has 2 unspecified atom stereocenters. The second kappa shape index (κ2) is 8.12. The van der Waals surface area contributed by atoms with Gasteiger partial charge in [-0.2, -0.15) is 0 Å². The van der Waals surface area contributed by atoms with Crippen LogP contribution in [-0.2, 0) is 11.3 Å². The molecule has 1 aromatic rings. The van der Waals surface area contributed by atoms with E-state index in [-0.39, 0.29) is 11.9 Å². The third kappa shape index (κ3) is 3.87. The average molecular weight is 375 g/mol. The van der Waals surface area contributed by atoms with Crippen LogP contribution in [0.1, 0.15) is 37.3 Å². The largest absolute Gasteiger partial charge is 0.331 e. The van der Waals surface area contributed by atoms with Gasteiger partial charge >= 0.3 is 6.03 Å². The molecule has 1 aromatic carbocycles. The van der Waals surface area contributed by atoms with Gasteiger partial charge in [-0.15, -0.1) is 0 Å². The van der Waals surface area contributed by atoms with Crippen molar-refractivity contribution in [1.29, 1.82) is 0 Å². The predicted molar refractivity (Wildman–Crippen MR) is 105 cm³/mol. The summed E-state index contributed by atoms with van der Waals surface area (Å²) < 4.78 is 0. The Morgan fingerprint density at radius 3 is 2.81 bits per heavy atom. The molecule has 0 aromatic heterocycles. The Morgan fingerprint density at radius 2 is 2.08 bits per heavy atom. The molecule has 1 saturated heterocycles. The van der Waals surface area contributed by atoms with Crippen molar-refractivity contribution in [3.05, 3.63) is 35.4 Å². The first-order valence-electron chi connectivity index (χ1n) is 9.11. The molecule has 2 heterocycles. The predicted octanol–water partition coefficient (Wildman–Crippen LogP) is 2.97. The van der Waals surface area contributed by atoms with Gasteiger partial charge in [0.25, 0.3) is 5.91 Å². The molecule has 2 aliphatic rings. The molecule has 2 atom stereocenters. The molecule has 0 saturated carbocycles. The van der Waals surface area contributed by atoms with Crippen LogP contribution in [0.4, 0.5) is 4.79 Å². The van der Waals surface area contributed by atoms with Gasteiger partial charge in [-0.25, -0.2) is 9.79 Å². The van der Waals surface area contributed by atoms with E-state index < -0.39 is 12.2 Å². The number of carbonyl (C=O) groups is 2. The zero-order valence-corrected chi connectivity index (χ0v) is 16.4. The van der Waals surface area contributed by atoms with E-state index in [4.69, 9.17) is 4.99 Å². The molecule has 3 amide bonds. The molecular weight excluding hydrogens is 348 g/mol. The van der Waals surface area contributed by atoms with Gasteiger partial charge in [0.2, 0.25) is 0 Å². The van der Waals surface area contributed by atoms with Crippen molar-refractivity contribution in [3.63, 3.8) is 0 Å². The molecular formula is C19H26N4O2S. The summed E-state index contributed by atoms with van der Waals surface area (Å²) in [5.74, 6) is 0.703. The molecule has 0 bridgehead atoms. The number of benzene rings is 1. The molecule has 3 rings (SSSR count). The maximum Gasteiger partial charge on any atom is 0.325 e. The second-order valence-electron chi connectivity index (χ2n) is 6.85. The second-order valence-corrected chi connectivity index (χ2v) is 7.91. The van der Waals surface area contributed by atoms with Crippen LogP contribution in [0.3, 0.4) is 0 Å². The van der Waals surface area contributed by atoms with Crippen molar-refractivity contribution in [2.75, 3.05) is 12.8 Å². The maximum absolute atomic E-state index is 12.5. The summed E-state index contributed by atoms with van der Waals surface area (Å²) in [4.78, 5) is 32.8. The van der Waals surface area contributed by atoms with Crippen molar-refractivity contribution < 1.29 is 9.59 Å². The smallest absolute Gasteiger partial charge is 0.325 e. The number of likely N-dealkylation sites (N-methyl/N-ethyl adjacent to an activating group) is 1. The molecule has 2 aliphatic heterocycles. The number of rotatable bonds is 6. The van der Waals surface area contributed by atoms with Crippen molar-refractivity contribution in [1.82, 2.24) is 15.1 Å². The van der Waals surface area contributed by atoms with Crippen LogP contribution in [0.5, 0.6) is 0 Å². The number of thioether (sulfide) groups is 1.